The van der Waals surface area contributed by atoms with Gasteiger partial charge in [-0.2, -0.15) is 0 Å². The van der Waals surface area contributed by atoms with Crippen LogP contribution in [0.25, 0.3) is 0 Å². The Morgan fingerprint density at radius 2 is 1.76 bits per heavy atom. The predicted octanol–water partition coefficient (Wildman–Crippen LogP) is 5.37. The van der Waals surface area contributed by atoms with Gasteiger partial charge in [-0.05, 0) is 36.6 Å². The van der Waals surface area contributed by atoms with Crippen molar-refractivity contribution in [3.63, 3.8) is 0 Å². The van der Waals surface area contributed by atoms with Crippen LogP contribution in [0.15, 0.2) is 48.5 Å². The number of benzene rings is 2. The summed E-state index contributed by atoms with van der Waals surface area (Å²) in [5.74, 6) is 0.469. The first kappa shape index (κ1) is 17.8. The molecule has 0 heterocycles. The van der Waals surface area contributed by atoms with Crippen LogP contribution in [0.5, 0.6) is 5.75 Å². The first-order chi connectivity index (χ1) is 12.2. The Bertz CT molecular complexity index is 694. The van der Waals surface area contributed by atoms with E-state index in [4.69, 9.17) is 16.3 Å². The van der Waals surface area contributed by atoms with Crippen LogP contribution in [0, 0.1) is 0 Å². The van der Waals surface area contributed by atoms with Gasteiger partial charge in [0.05, 0.1) is 5.56 Å². The van der Waals surface area contributed by atoms with Crippen LogP contribution in [0.1, 0.15) is 54.4 Å². The summed E-state index contributed by atoms with van der Waals surface area (Å²) < 4.78 is 5.89. The molecule has 1 aliphatic carbocycles. The molecule has 0 bridgehead atoms. The van der Waals surface area contributed by atoms with Crippen molar-refractivity contribution >= 4 is 17.5 Å². The van der Waals surface area contributed by atoms with E-state index in [1.807, 2.05) is 30.3 Å². The molecule has 1 fully saturated rings. The number of halogens is 1. The normalized spacial score (nSPS) is 15.4. The SMILES string of the molecule is O=C(NC1CCCCCC1)c1cc(Cl)ccc1OCc1ccccc1. The van der Waals surface area contributed by atoms with E-state index < -0.39 is 0 Å². The van der Waals surface area contributed by atoms with Gasteiger partial charge in [0.2, 0.25) is 0 Å². The number of carbonyl (C=O) groups is 1. The lowest BCUT2D eigenvalue weighted by Crippen LogP contribution is -2.34. The Labute approximate surface area is 154 Å². The quantitative estimate of drug-likeness (QED) is 0.730. The van der Waals surface area contributed by atoms with Gasteiger partial charge in [-0.25, -0.2) is 0 Å². The van der Waals surface area contributed by atoms with Crippen LogP contribution in [0.3, 0.4) is 0 Å². The average Bonchev–Trinajstić information content (AvgIpc) is 2.90. The van der Waals surface area contributed by atoms with Crippen LogP contribution < -0.4 is 10.1 Å². The molecule has 1 N–H and O–H groups in total. The van der Waals surface area contributed by atoms with Crippen LogP contribution in [-0.2, 0) is 6.61 Å². The number of ether oxygens (including phenoxy) is 1. The summed E-state index contributed by atoms with van der Waals surface area (Å²) in [6.45, 7) is 0.423. The van der Waals surface area contributed by atoms with Crippen molar-refractivity contribution in [1.29, 1.82) is 0 Å². The minimum absolute atomic E-state index is 0.0996. The van der Waals surface area contributed by atoms with E-state index in [1.165, 1.54) is 25.7 Å². The zero-order valence-corrected chi connectivity index (χ0v) is 15.1. The third-order valence-electron chi connectivity index (χ3n) is 4.61. The van der Waals surface area contributed by atoms with E-state index >= 15 is 0 Å². The van der Waals surface area contributed by atoms with Gasteiger partial charge in [0, 0.05) is 11.1 Å². The van der Waals surface area contributed by atoms with Crippen molar-refractivity contribution < 1.29 is 9.53 Å². The van der Waals surface area contributed by atoms with Crippen LogP contribution in [0.2, 0.25) is 5.02 Å². The van der Waals surface area contributed by atoms with E-state index in [0.717, 1.165) is 18.4 Å². The second-order valence-electron chi connectivity index (χ2n) is 6.58. The number of hydrogen-bond donors (Lipinski definition) is 1. The molecule has 25 heavy (non-hydrogen) atoms. The summed E-state index contributed by atoms with van der Waals surface area (Å²) >= 11 is 6.11. The molecule has 0 spiro atoms. The van der Waals surface area contributed by atoms with E-state index in [9.17, 15) is 4.79 Å². The van der Waals surface area contributed by atoms with Gasteiger partial charge in [-0.1, -0.05) is 67.6 Å². The second-order valence-corrected chi connectivity index (χ2v) is 7.01. The monoisotopic (exact) mass is 357 g/mol. The lowest BCUT2D eigenvalue weighted by molar-refractivity contribution is 0.0929. The van der Waals surface area contributed by atoms with E-state index in [0.29, 0.717) is 22.9 Å². The van der Waals surface area contributed by atoms with Gasteiger partial charge in [0.15, 0.2) is 0 Å². The van der Waals surface area contributed by atoms with Crippen molar-refractivity contribution in [3.05, 3.63) is 64.7 Å². The highest BCUT2D eigenvalue weighted by Crippen LogP contribution is 2.25. The van der Waals surface area contributed by atoms with E-state index in [1.54, 1.807) is 18.2 Å². The highest BCUT2D eigenvalue weighted by molar-refractivity contribution is 6.31. The smallest absolute Gasteiger partial charge is 0.255 e. The minimum Gasteiger partial charge on any atom is -0.488 e. The van der Waals surface area contributed by atoms with Crippen molar-refractivity contribution in [2.24, 2.45) is 0 Å². The predicted molar refractivity (Wildman–Crippen MR) is 101 cm³/mol. The maximum Gasteiger partial charge on any atom is 0.255 e. The number of nitrogens with one attached hydrogen (secondary N) is 1. The molecule has 0 unspecified atom stereocenters. The van der Waals surface area contributed by atoms with Gasteiger partial charge in [0.1, 0.15) is 12.4 Å². The minimum atomic E-state index is -0.0996. The van der Waals surface area contributed by atoms with Crippen molar-refractivity contribution in [2.75, 3.05) is 0 Å². The Morgan fingerprint density at radius 3 is 2.48 bits per heavy atom. The van der Waals surface area contributed by atoms with E-state index in [-0.39, 0.29) is 11.9 Å². The maximum atomic E-state index is 12.8. The fourth-order valence-electron chi connectivity index (χ4n) is 3.23. The van der Waals surface area contributed by atoms with Crippen molar-refractivity contribution in [2.45, 2.75) is 51.2 Å². The molecule has 2 aromatic carbocycles. The molecule has 1 aliphatic rings. The number of hydrogen-bond acceptors (Lipinski definition) is 2. The highest BCUT2D eigenvalue weighted by Gasteiger charge is 2.19. The molecule has 0 atom stereocenters. The Balaban J connectivity index is 1.70. The van der Waals surface area contributed by atoms with Crippen LogP contribution in [-0.4, -0.2) is 11.9 Å². The zero-order valence-electron chi connectivity index (χ0n) is 14.3. The molecule has 2 aromatic rings. The standard InChI is InChI=1S/C21H24ClNO2/c22-17-12-13-20(25-15-16-8-4-3-5-9-16)19(14-17)21(24)23-18-10-6-1-2-7-11-18/h3-5,8-9,12-14,18H,1-2,6-7,10-11,15H2,(H,23,24). The van der Waals surface area contributed by atoms with Gasteiger partial charge in [-0.3, -0.25) is 4.79 Å². The fourth-order valence-corrected chi connectivity index (χ4v) is 3.40. The summed E-state index contributed by atoms with van der Waals surface area (Å²) in [5, 5.41) is 3.70. The van der Waals surface area contributed by atoms with Gasteiger partial charge >= 0.3 is 0 Å². The molecule has 1 saturated carbocycles. The topological polar surface area (TPSA) is 38.3 Å². The molecule has 3 rings (SSSR count). The van der Waals surface area contributed by atoms with Crippen molar-refractivity contribution in [1.82, 2.24) is 5.32 Å². The first-order valence-corrected chi connectivity index (χ1v) is 9.37. The van der Waals surface area contributed by atoms with Gasteiger partial charge < -0.3 is 10.1 Å². The maximum absolute atomic E-state index is 12.8. The molecule has 0 saturated heterocycles. The third-order valence-corrected chi connectivity index (χ3v) is 4.85. The lowest BCUT2D eigenvalue weighted by Gasteiger charge is -2.18. The highest BCUT2D eigenvalue weighted by atomic mass is 35.5. The zero-order chi connectivity index (χ0) is 17.5. The molecular weight excluding hydrogens is 334 g/mol. The second kappa shape index (κ2) is 8.91. The Hall–Kier alpha value is -2.00. The molecular formula is C21H24ClNO2. The van der Waals surface area contributed by atoms with Gasteiger partial charge in [-0.15, -0.1) is 0 Å². The summed E-state index contributed by atoms with van der Waals surface area (Å²) in [7, 11) is 0. The molecule has 0 radical (unpaired) electrons. The summed E-state index contributed by atoms with van der Waals surface area (Å²) in [6.07, 6.45) is 6.97. The summed E-state index contributed by atoms with van der Waals surface area (Å²) in [4.78, 5) is 12.8. The average molecular weight is 358 g/mol. The molecule has 132 valence electrons. The van der Waals surface area contributed by atoms with E-state index in [2.05, 4.69) is 5.32 Å². The molecule has 4 heteroatoms. The van der Waals surface area contributed by atoms with Gasteiger partial charge in [0.25, 0.3) is 5.91 Å². The lowest BCUT2D eigenvalue weighted by atomic mass is 10.1. The third kappa shape index (κ3) is 5.23. The number of rotatable bonds is 5. The fraction of sp³-hybridized carbons (Fsp3) is 0.381. The van der Waals surface area contributed by atoms with Crippen LogP contribution in [0.4, 0.5) is 0 Å². The Kier molecular flexibility index (Phi) is 6.35. The largest absolute Gasteiger partial charge is 0.488 e. The molecule has 1 amide bonds. The molecule has 3 nitrogen and oxygen atoms in total. The molecule has 0 aliphatic heterocycles. The van der Waals surface area contributed by atoms with Crippen molar-refractivity contribution in [3.8, 4) is 5.75 Å². The first-order valence-electron chi connectivity index (χ1n) is 8.99. The number of carbonyl (C=O) groups excluding carboxylic acids is 1. The molecule has 0 aromatic heterocycles. The van der Waals surface area contributed by atoms with Crippen LogP contribution >= 0.6 is 11.6 Å². The Morgan fingerprint density at radius 1 is 1.04 bits per heavy atom. The number of amides is 1. The summed E-state index contributed by atoms with van der Waals surface area (Å²) in [5.41, 5.74) is 1.57. The summed E-state index contributed by atoms with van der Waals surface area (Å²) in [6, 6.07) is 15.4.